The van der Waals surface area contributed by atoms with Crippen molar-refractivity contribution in [3.63, 3.8) is 0 Å². The van der Waals surface area contributed by atoms with E-state index in [2.05, 4.69) is 29.2 Å². The van der Waals surface area contributed by atoms with E-state index in [0.29, 0.717) is 41.2 Å². The molecular weight excluding hydrogens is 387 g/mol. The summed E-state index contributed by atoms with van der Waals surface area (Å²) in [6, 6.07) is 11.4. The Morgan fingerprint density at radius 2 is 1.63 bits per heavy atom. The van der Waals surface area contributed by atoms with E-state index in [1.807, 2.05) is 0 Å². The lowest BCUT2D eigenvalue weighted by molar-refractivity contribution is 0.0696. The first-order valence-corrected chi connectivity index (χ1v) is 9.40. The van der Waals surface area contributed by atoms with Crippen LogP contribution >= 0.6 is 0 Å². The van der Waals surface area contributed by atoms with Crippen LogP contribution in [0.3, 0.4) is 0 Å². The molecule has 0 saturated carbocycles. The maximum Gasteiger partial charge on any atom is 0.335 e. The first-order chi connectivity index (χ1) is 14.2. The number of nitrogens with zero attached hydrogens (tertiary/aromatic N) is 4. The van der Waals surface area contributed by atoms with Gasteiger partial charge in [-0.3, -0.25) is 4.79 Å². The highest BCUT2D eigenvalue weighted by molar-refractivity contribution is 5.96. The normalized spacial score (nSPS) is 14.8. The Morgan fingerprint density at radius 3 is 2.27 bits per heavy atom. The van der Waals surface area contributed by atoms with Crippen molar-refractivity contribution in [3.05, 3.63) is 76.9 Å². The van der Waals surface area contributed by atoms with Crippen molar-refractivity contribution in [2.75, 3.05) is 0 Å². The van der Waals surface area contributed by atoms with E-state index in [-0.39, 0.29) is 16.9 Å². The molecule has 3 aromatic rings. The number of carbonyl (C=O) groups is 2. The molecule has 0 atom stereocenters. The van der Waals surface area contributed by atoms with Crippen LogP contribution in [-0.4, -0.2) is 26.8 Å². The van der Waals surface area contributed by atoms with E-state index >= 15 is 0 Å². The largest absolute Gasteiger partial charge is 0.478 e. The molecule has 1 heterocycles. The maximum atomic E-state index is 13.2. The molecule has 7 nitrogen and oxygen atoms in total. The fraction of sp³-hybridized carbons (Fsp3) is 0.227. The van der Waals surface area contributed by atoms with Gasteiger partial charge in [0, 0.05) is 5.56 Å². The minimum absolute atomic E-state index is 0.0891. The van der Waals surface area contributed by atoms with Crippen LogP contribution in [0.1, 0.15) is 46.0 Å². The van der Waals surface area contributed by atoms with Crippen LogP contribution in [0.15, 0.2) is 58.8 Å². The maximum absolute atomic E-state index is 13.2. The van der Waals surface area contributed by atoms with Gasteiger partial charge in [0.25, 0.3) is 5.91 Å². The van der Waals surface area contributed by atoms with Crippen molar-refractivity contribution in [3.8, 4) is 0 Å². The number of carbonyl (C=O) groups excluding carboxylic acids is 1. The summed E-state index contributed by atoms with van der Waals surface area (Å²) in [5.74, 6) is -1.78. The predicted octanol–water partition coefficient (Wildman–Crippen LogP) is 4.95. The molecule has 2 bridgehead atoms. The third-order valence-corrected chi connectivity index (χ3v) is 4.98. The van der Waals surface area contributed by atoms with Crippen LogP contribution < -0.4 is 0 Å². The molecule has 0 amide bonds. The summed E-state index contributed by atoms with van der Waals surface area (Å²) in [6.07, 6.45) is 1.22. The molecule has 1 aliphatic rings. The third kappa shape index (κ3) is 3.76. The third-order valence-electron chi connectivity index (χ3n) is 4.98. The predicted molar refractivity (Wildman–Crippen MR) is 107 cm³/mol. The molecule has 1 aromatic heterocycles. The first-order valence-electron chi connectivity index (χ1n) is 9.40. The van der Waals surface area contributed by atoms with E-state index in [1.54, 1.807) is 12.1 Å². The van der Waals surface area contributed by atoms with Gasteiger partial charge in [-0.2, -0.15) is 14.9 Å². The summed E-state index contributed by atoms with van der Waals surface area (Å²) in [6.45, 7) is 4.18. The highest BCUT2D eigenvalue weighted by Crippen LogP contribution is 2.41. The van der Waals surface area contributed by atoms with Crippen molar-refractivity contribution in [1.29, 1.82) is 0 Å². The molecule has 0 fully saturated rings. The lowest BCUT2D eigenvalue weighted by Crippen LogP contribution is -2.23. The number of aromatic carboxylic acids is 1. The van der Waals surface area contributed by atoms with E-state index in [4.69, 9.17) is 5.11 Å². The van der Waals surface area contributed by atoms with Gasteiger partial charge in [-0.1, -0.05) is 13.8 Å². The molecule has 8 heteroatoms. The number of fused-ring (bicyclic) bond motifs is 2. The highest BCUT2D eigenvalue weighted by Gasteiger charge is 2.35. The van der Waals surface area contributed by atoms with Crippen LogP contribution in [0.25, 0.3) is 0 Å². The van der Waals surface area contributed by atoms with Gasteiger partial charge in [0.05, 0.1) is 22.6 Å². The molecule has 0 aliphatic heterocycles. The van der Waals surface area contributed by atoms with Gasteiger partial charge >= 0.3 is 5.97 Å². The second-order valence-corrected chi connectivity index (χ2v) is 8.04. The number of hydrogen-bond donors (Lipinski definition) is 1. The Labute approximate surface area is 171 Å². The Hall–Kier alpha value is -3.68. The molecule has 0 radical (unpaired) electrons. The smallest absolute Gasteiger partial charge is 0.335 e. The Balaban J connectivity index is 1.70. The quantitative estimate of drug-likeness (QED) is 0.620. The Kier molecular flexibility index (Phi) is 4.77. The van der Waals surface area contributed by atoms with Gasteiger partial charge in [0.1, 0.15) is 11.5 Å². The van der Waals surface area contributed by atoms with E-state index in [0.717, 1.165) is 0 Å². The van der Waals surface area contributed by atoms with Crippen molar-refractivity contribution < 1.29 is 19.1 Å². The van der Waals surface area contributed by atoms with Gasteiger partial charge in [-0.25, -0.2) is 9.18 Å². The molecule has 152 valence electrons. The van der Waals surface area contributed by atoms with Crippen molar-refractivity contribution in [1.82, 2.24) is 9.78 Å². The van der Waals surface area contributed by atoms with E-state index in [1.165, 1.54) is 41.1 Å². The van der Waals surface area contributed by atoms with Crippen molar-refractivity contribution in [2.45, 2.75) is 26.7 Å². The average Bonchev–Trinajstić information content (AvgIpc) is 2.93. The van der Waals surface area contributed by atoms with Gasteiger partial charge in [0.2, 0.25) is 0 Å². The van der Waals surface area contributed by atoms with Crippen LogP contribution in [0, 0.1) is 11.2 Å². The molecule has 1 N–H and O–H groups in total. The number of hydrogen-bond acceptors (Lipinski definition) is 5. The average molecular weight is 406 g/mol. The second kappa shape index (κ2) is 7.29. The number of rotatable bonds is 4. The fourth-order valence-electron chi connectivity index (χ4n) is 3.52. The molecular formula is C22H19FN4O3. The van der Waals surface area contributed by atoms with Gasteiger partial charge in [-0.05, 0) is 66.8 Å². The first kappa shape index (κ1) is 19.6. The zero-order valence-electron chi connectivity index (χ0n) is 16.5. The minimum Gasteiger partial charge on any atom is -0.478 e. The van der Waals surface area contributed by atoms with Crippen molar-refractivity contribution >= 4 is 23.3 Å². The summed E-state index contributed by atoms with van der Waals surface area (Å²) < 4.78 is 14.5. The molecule has 30 heavy (non-hydrogen) atoms. The number of azo groups is 1. The number of carboxylic acids is 1. The van der Waals surface area contributed by atoms with Crippen LogP contribution in [0.5, 0.6) is 0 Å². The van der Waals surface area contributed by atoms with Gasteiger partial charge < -0.3 is 5.11 Å². The highest BCUT2D eigenvalue weighted by atomic mass is 19.1. The van der Waals surface area contributed by atoms with Gasteiger partial charge in [0.15, 0.2) is 0 Å². The van der Waals surface area contributed by atoms with E-state index < -0.39 is 11.8 Å². The van der Waals surface area contributed by atoms with E-state index in [9.17, 15) is 14.0 Å². The van der Waals surface area contributed by atoms with Crippen LogP contribution in [0.4, 0.5) is 15.8 Å². The number of aromatic nitrogens is 2. The standard InChI is InChI=1S/C22H19FN4O3/c1-22(2)11-17-19(25-24-16-9-5-14(6-10-16)21(29)30)18(12-22)27(26-17)20(28)13-3-7-15(23)8-4-13/h3-10H,11-12H2,1-2H3,(H,29,30). The molecule has 2 aromatic carbocycles. The molecule has 0 spiro atoms. The zero-order chi connectivity index (χ0) is 21.5. The molecule has 1 aliphatic carbocycles. The topological polar surface area (TPSA) is 96.9 Å². The van der Waals surface area contributed by atoms with Gasteiger partial charge in [-0.15, -0.1) is 5.11 Å². The number of benzene rings is 2. The lowest BCUT2D eigenvalue weighted by atomic mass is 9.79. The Bertz CT molecular complexity index is 1160. The SMILES string of the molecule is CC1(C)Cc2nn(C(=O)c3ccc(F)cc3)c(c2N=Nc2ccc(C(=O)O)cc2)C1. The second-order valence-electron chi connectivity index (χ2n) is 8.04. The Morgan fingerprint density at radius 1 is 1.00 bits per heavy atom. The zero-order valence-corrected chi connectivity index (χ0v) is 16.5. The summed E-state index contributed by atoms with van der Waals surface area (Å²) in [4.78, 5) is 23.9. The molecule has 0 saturated heterocycles. The number of carboxylic acid groups (broad SMARTS) is 1. The molecule has 4 rings (SSSR count). The van der Waals surface area contributed by atoms with Crippen molar-refractivity contribution in [2.24, 2.45) is 15.6 Å². The summed E-state index contributed by atoms with van der Waals surface area (Å²) >= 11 is 0. The summed E-state index contributed by atoms with van der Waals surface area (Å²) in [7, 11) is 0. The number of halogens is 1. The lowest BCUT2D eigenvalue weighted by Gasteiger charge is -2.26. The van der Waals surface area contributed by atoms with Crippen LogP contribution in [-0.2, 0) is 12.8 Å². The fourth-order valence-corrected chi connectivity index (χ4v) is 3.52. The summed E-state index contributed by atoms with van der Waals surface area (Å²) in [5.41, 5.74) is 2.77. The molecule has 0 unspecified atom stereocenters. The minimum atomic E-state index is -1.01. The summed E-state index contributed by atoms with van der Waals surface area (Å²) in [5, 5.41) is 22.0. The van der Waals surface area contributed by atoms with Crippen LogP contribution in [0.2, 0.25) is 0 Å². The monoisotopic (exact) mass is 406 g/mol.